The first-order valence-corrected chi connectivity index (χ1v) is 10.0. The summed E-state index contributed by atoms with van der Waals surface area (Å²) in [6, 6.07) is 7.92. The number of phenolic OH excluding ortho intramolecular Hbond substituents is 1. The van der Waals surface area contributed by atoms with Crippen LogP contribution in [0.5, 0.6) is 5.75 Å². The Balaban J connectivity index is 1.60. The van der Waals surface area contributed by atoms with Crippen LogP contribution in [0, 0.1) is 17.8 Å². The van der Waals surface area contributed by atoms with E-state index >= 15 is 0 Å². The third kappa shape index (κ3) is 3.79. The summed E-state index contributed by atoms with van der Waals surface area (Å²) in [4.78, 5) is 2.70. The predicted octanol–water partition coefficient (Wildman–Crippen LogP) is 5.21. The molecule has 2 nitrogen and oxygen atoms in total. The molecule has 0 amide bonds. The molecule has 1 heterocycles. The van der Waals surface area contributed by atoms with Crippen molar-refractivity contribution in [3.63, 3.8) is 0 Å². The molecule has 2 heteroatoms. The van der Waals surface area contributed by atoms with E-state index in [1.54, 1.807) is 6.07 Å². The molecule has 1 aliphatic heterocycles. The van der Waals surface area contributed by atoms with Crippen molar-refractivity contribution in [1.82, 2.24) is 4.90 Å². The number of piperidine rings is 1. The highest BCUT2D eigenvalue weighted by molar-refractivity contribution is 5.33. The monoisotopic (exact) mass is 329 g/mol. The van der Waals surface area contributed by atoms with Gasteiger partial charge in [0.05, 0.1) is 0 Å². The molecule has 1 saturated heterocycles. The van der Waals surface area contributed by atoms with Gasteiger partial charge in [-0.2, -0.15) is 0 Å². The number of hydrogen-bond acceptors (Lipinski definition) is 2. The standard InChI is InChI=1S/C22H35NO/c1-17(19-8-5-4-6-9-19)15-23-13-12-22(3,18(2)16-23)20-10-7-11-21(24)14-20/h7,10-11,14,17-19,24H,4-6,8-9,12-13,15-16H2,1-3H3/t17?,18-,22+/m0/s1. The molecule has 1 aromatic carbocycles. The van der Waals surface area contributed by atoms with Crippen LogP contribution in [0.25, 0.3) is 0 Å². The van der Waals surface area contributed by atoms with Gasteiger partial charge in [-0.05, 0) is 53.8 Å². The zero-order valence-electron chi connectivity index (χ0n) is 15.8. The molecule has 134 valence electrons. The molecule has 3 rings (SSSR count). The summed E-state index contributed by atoms with van der Waals surface area (Å²) in [7, 11) is 0. The smallest absolute Gasteiger partial charge is 0.115 e. The van der Waals surface area contributed by atoms with Crippen molar-refractivity contribution in [1.29, 1.82) is 0 Å². The van der Waals surface area contributed by atoms with Crippen molar-refractivity contribution >= 4 is 0 Å². The maximum absolute atomic E-state index is 9.85. The highest BCUT2D eigenvalue weighted by atomic mass is 16.3. The lowest BCUT2D eigenvalue weighted by atomic mass is 9.68. The molecule has 2 fully saturated rings. The van der Waals surface area contributed by atoms with Crippen molar-refractivity contribution < 1.29 is 5.11 Å². The van der Waals surface area contributed by atoms with Gasteiger partial charge in [0.15, 0.2) is 0 Å². The Bertz CT molecular complexity index is 537. The second-order valence-electron chi connectivity index (χ2n) is 8.75. The largest absolute Gasteiger partial charge is 0.508 e. The zero-order valence-corrected chi connectivity index (χ0v) is 15.8. The molecule has 2 aliphatic rings. The Morgan fingerprint density at radius 1 is 1.25 bits per heavy atom. The topological polar surface area (TPSA) is 23.5 Å². The number of hydrogen-bond donors (Lipinski definition) is 1. The van der Waals surface area contributed by atoms with Crippen molar-refractivity contribution in [2.45, 2.75) is 64.7 Å². The number of benzene rings is 1. The van der Waals surface area contributed by atoms with Gasteiger partial charge >= 0.3 is 0 Å². The van der Waals surface area contributed by atoms with Crippen LogP contribution < -0.4 is 0 Å². The van der Waals surface area contributed by atoms with Crippen LogP contribution in [0.15, 0.2) is 24.3 Å². The van der Waals surface area contributed by atoms with Crippen molar-refractivity contribution in [2.24, 2.45) is 17.8 Å². The second kappa shape index (κ2) is 7.47. The van der Waals surface area contributed by atoms with Gasteiger partial charge in [-0.3, -0.25) is 0 Å². The molecule has 0 bridgehead atoms. The molecule has 1 aliphatic carbocycles. The number of aromatic hydroxyl groups is 1. The molecule has 24 heavy (non-hydrogen) atoms. The molecule has 1 unspecified atom stereocenters. The van der Waals surface area contributed by atoms with Crippen molar-refractivity contribution in [3.05, 3.63) is 29.8 Å². The minimum atomic E-state index is 0.184. The molecule has 0 radical (unpaired) electrons. The van der Waals surface area contributed by atoms with Crippen LogP contribution in [-0.4, -0.2) is 29.6 Å². The van der Waals surface area contributed by atoms with Crippen molar-refractivity contribution in [3.8, 4) is 5.75 Å². The van der Waals surface area contributed by atoms with E-state index in [0.29, 0.717) is 11.7 Å². The average Bonchev–Trinajstić information content (AvgIpc) is 2.59. The SMILES string of the molecule is CC(CN1CC[C@@](C)(c2cccc(O)c2)[C@@H](C)C1)C1CCCCC1. The highest BCUT2D eigenvalue weighted by Crippen LogP contribution is 2.41. The van der Waals surface area contributed by atoms with E-state index in [0.717, 1.165) is 11.8 Å². The van der Waals surface area contributed by atoms with Gasteiger partial charge in [-0.15, -0.1) is 0 Å². The fraction of sp³-hybridized carbons (Fsp3) is 0.727. The van der Waals surface area contributed by atoms with Crippen LogP contribution in [0.2, 0.25) is 0 Å². The van der Waals surface area contributed by atoms with Gasteiger partial charge in [0.2, 0.25) is 0 Å². The van der Waals surface area contributed by atoms with Gasteiger partial charge in [-0.25, -0.2) is 0 Å². The minimum Gasteiger partial charge on any atom is -0.508 e. The number of rotatable bonds is 4. The van der Waals surface area contributed by atoms with E-state index in [9.17, 15) is 5.11 Å². The van der Waals surface area contributed by atoms with E-state index in [1.807, 2.05) is 12.1 Å². The first kappa shape index (κ1) is 17.8. The first-order valence-electron chi connectivity index (χ1n) is 10.0. The summed E-state index contributed by atoms with van der Waals surface area (Å²) in [5, 5.41) is 9.85. The van der Waals surface area contributed by atoms with Crippen LogP contribution in [-0.2, 0) is 5.41 Å². The van der Waals surface area contributed by atoms with Crippen LogP contribution in [0.4, 0.5) is 0 Å². The number of phenols is 1. The van der Waals surface area contributed by atoms with Gasteiger partial charge in [0, 0.05) is 13.1 Å². The third-order valence-electron chi connectivity index (χ3n) is 7.07. The van der Waals surface area contributed by atoms with E-state index in [4.69, 9.17) is 0 Å². The summed E-state index contributed by atoms with van der Waals surface area (Å²) in [6.07, 6.45) is 8.43. The third-order valence-corrected chi connectivity index (χ3v) is 7.07. The second-order valence-corrected chi connectivity index (χ2v) is 8.75. The normalized spacial score (nSPS) is 31.0. The van der Waals surface area contributed by atoms with Gasteiger partial charge in [0.1, 0.15) is 5.75 Å². The molecular weight excluding hydrogens is 294 g/mol. The summed E-state index contributed by atoms with van der Waals surface area (Å²) in [5.41, 5.74) is 1.48. The Hall–Kier alpha value is -1.02. The predicted molar refractivity (Wildman–Crippen MR) is 101 cm³/mol. The molecular formula is C22H35NO. The van der Waals surface area contributed by atoms with E-state index in [1.165, 1.54) is 63.7 Å². The minimum absolute atomic E-state index is 0.184. The van der Waals surface area contributed by atoms with Gasteiger partial charge in [-0.1, -0.05) is 65.0 Å². The highest BCUT2D eigenvalue weighted by Gasteiger charge is 2.38. The summed E-state index contributed by atoms with van der Waals surface area (Å²) in [6.45, 7) is 10.9. The fourth-order valence-corrected chi connectivity index (χ4v) is 5.03. The maximum Gasteiger partial charge on any atom is 0.115 e. The fourth-order valence-electron chi connectivity index (χ4n) is 5.03. The summed E-state index contributed by atoms with van der Waals surface area (Å²) >= 11 is 0. The van der Waals surface area contributed by atoms with E-state index in [-0.39, 0.29) is 5.41 Å². The Morgan fingerprint density at radius 2 is 2.00 bits per heavy atom. The molecule has 1 N–H and O–H groups in total. The lowest BCUT2D eigenvalue weighted by molar-refractivity contribution is 0.0836. The molecule has 0 aromatic heterocycles. The lowest BCUT2D eigenvalue weighted by Crippen LogP contribution is -2.48. The summed E-state index contributed by atoms with van der Waals surface area (Å²) in [5.74, 6) is 2.80. The zero-order chi connectivity index (χ0) is 17.2. The van der Waals surface area contributed by atoms with E-state index in [2.05, 4.69) is 31.7 Å². The number of likely N-dealkylation sites (tertiary alicyclic amines) is 1. The Kier molecular flexibility index (Phi) is 5.54. The van der Waals surface area contributed by atoms with E-state index < -0.39 is 0 Å². The summed E-state index contributed by atoms with van der Waals surface area (Å²) < 4.78 is 0. The first-order chi connectivity index (χ1) is 11.5. The lowest BCUT2D eigenvalue weighted by Gasteiger charge is -2.46. The van der Waals surface area contributed by atoms with Crippen molar-refractivity contribution in [2.75, 3.05) is 19.6 Å². The molecule has 3 atom stereocenters. The van der Waals surface area contributed by atoms with Gasteiger partial charge in [0.25, 0.3) is 0 Å². The molecule has 1 saturated carbocycles. The molecule has 0 spiro atoms. The number of nitrogens with zero attached hydrogens (tertiary/aromatic N) is 1. The molecule has 1 aromatic rings. The average molecular weight is 330 g/mol. The van der Waals surface area contributed by atoms with Crippen LogP contribution in [0.3, 0.4) is 0 Å². The Morgan fingerprint density at radius 3 is 2.67 bits per heavy atom. The maximum atomic E-state index is 9.85. The van der Waals surface area contributed by atoms with Crippen LogP contribution >= 0.6 is 0 Å². The van der Waals surface area contributed by atoms with Gasteiger partial charge < -0.3 is 10.0 Å². The Labute approximate surface area is 148 Å². The quantitative estimate of drug-likeness (QED) is 0.820. The van der Waals surface area contributed by atoms with Crippen LogP contribution in [0.1, 0.15) is 64.9 Å².